The number of carbonyl (C=O) groups is 2. The van der Waals surface area contributed by atoms with Gasteiger partial charge < -0.3 is 20.5 Å². The third-order valence-corrected chi connectivity index (χ3v) is 5.98. The molecule has 3 atom stereocenters. The minimum Gasteiger partial charge on any atom is -0.397 e. The standard InChI is InChI=1S/C19H18BrN7O2/c20-15-2-1-3-16(24-15)25-19(29)14-5-10-4-13(10)27(14)17(28)8-26-7-12(21)11-6-22-9-23-18(11)26/h1-3,6-7,9-10,13-14H,4-5,8,21H2,(H,24,25,29)/t10-,13-,14+/m1/s1. The highest BCUT2D eigenvalue weighted by Crippen LogP contribution is 2.48. The average molecular weight is 456 g/mol. The highest BCUT2D eigenvalue weighted by molar-refractivity contribution is 9.10. The van der Waals surface area contributed by atoms with Crippen LogP contribution in [-0.4, -0.2) is 48.3 Å². The van der Waals surface area contributed by atoms with Gasteiger partial charge in [0.1, 0.15) is 35.0 Å². The van der Waals surface area contributed by atoms with Gasteiger partial charge in [-0.25, -0.2) is 15.0 Å². The van der Waals surface area contributed by atoms with Crippen LogP contribution in [-0.2, 0) is 16.1 Å². The van der Waals surface area contributed by atoms with E-state index in [1.54, 1.807) is 40.1 Å². The van der Waals surface area contributed by atoms with Crippen molar-refractivity contribution in [3.05, 3.63) is 41.5 Å². The molecule has 2 amide bonds. The lowest BCUT2D eigenvalue weighted by molar-refractivity contribution is -0.138. The molecule has 5 rings (SSSR count). The molecule has 2 aliphatic rings. The van der Waals surface area contributed by atoms with Crippen molar-refractivity contribution in [3.8, 4) is 0 Å². The van der Waals surface area contributed by atoms with Gasteiger partial charge in [0.25, 0.3) is 0 Å². The van der Waals surface area contributed by atoms with E-state index in [4.69, 9.17) is 5.73 Å². The summed E-state index contributed by atoms with van der Waals surface area (Å²) in [6.45, 7) is 0.0762. The van der Waals surface area contributed by atoms with Gasteiger partial charge in [-0.3, -0.25) is 9.59 Å². The first-order chi connectivity index (χ1) is 14.0. The van der Waals surface area contributed by atoms with E-state index in [1.807, 2.05) is 0 Å². The largest absolute Gasteiger partial charge is 0.397 e. The summed E-state index contributed by atoms with van der Waals surface area (Å²) in [5, 5.41) is 3.54. The zero-order chi connectivity index (χ0) is 20.1. The summed E-state index contributed by atoms with van der Waals surface area (Å²) in [5.41, 5.74) is 7.15. The summed E-state index contributed by atoms with van der Waals surface area (Å²) in [5.74, 6) is 0.514. The van der Waals surface area contributed by atoms with Gasteiger partial charge in [0.05, 0.1) is 11.1 Å². The topological polar surface area (TPSA) is 119 Å². The summed E-state index contributed by atoms with van der Waals surface area (Å²) in [6.07, 6.45) is 6.37. The van der Waals surface area contributed by atoms with Crippen molar-refractivity contribution < 1.29 is 9.59 Å². The van der Waals surface area contributed by atoms with Crippen LogP contribution in [0.4, 0.5) is 11.5 Å². The maximum atomic E-state index is 13.1. The van der Waals surface area contributed by atoms with Gasteiger partial charge in [-0.05, 0) is 46.8 Å². The first-order valence-corrected chi connectivity index (χ1v) is 10.1. The number of aromatic nitrogens is 4. The first kappa shape index (κ1) is 18.0. The molecule has 1 aliphatic carbocycles. The van der Waals surface area contributed by atoms with Crippen LogP contribution >= 0.6 is 15.9 Å². The second kappa shape index (κ2) is 6.80. The van der Waals surface area contributed by atoms with Crippen LogP contribution in [0.15, 0.2) is 41.5 Å². The van der Waals surface area contributed by atoms with Crippen molar-refractivity contribution in [2.45, 2.75) is 31.5 Å². The summed E-state index contributed by atoms with van der Waals surface area (Å²) in [4.78, 5) is 40.2. The Labute approximate surface area is 174 Å². The Bertz CT molecular complexity index is 1130. The minimum atomic E-state index is -0.499. The molecule has 3 N–H and O–H groups in total. The Kier molecular flexibility index (Phi) is 4.23. The lowest BCUT2D eigenvalue weighted by Crippen LogP contribution is -2.46. The number of piperidine rings is 1. The van der Waals surface area contributed by atoms with Crippen molar-refractivity contribution in [2.24, 2.45) is 5.92 Å². The molecule has 29 heavy (non-hydrogen) atoms. The average Bonchev–Trinajstić information content (AvgIpc) is 3.24. The number of hydrogen-bond donors (Lipinski definition) is 2. The van der Waals surface area contributed by atoms with E-state index < -0.39 is 6.04 Å². The quantitative estimate of drug-likeness (QED) is 0.578. The number of fused-ring (bicyclic) bond motifs is 2. The lowest BCUT2D eigenvalue weighted by atomic mass is 10.1. The fraction of sp³-hybridized carbons (Fsp3) is 0.316. The molecule has 9 nitrogen and oxygen atoms in total. The first-order valence-electron chi connectivity index (χ1n) is 9.30. The van der Waals surface area contributed by atoms with Crippen LogP contribution in [0, 0.1) is 5.92 Å². The van der Waals surface area contributed by atoms with E-state index in [2.05, 4.69) is 36.2 Å². The van der Waals surface area contributed by atoms with E-state index in [0.717, 1.165) is 6.42 Å². The van der Waals surface area contributed by atoms with Crippen molar-refractivity contribution in [3.63, 3.8) is 0 Å². The van der Waals surface area contributed by atoms with E-state index in [1.165, 1.54) is 6.33 Å². The number of nitrogen functional groups attached to an aromatic ring is 1. The second-order valence-corrected chi connectivity index (χ2v) is 8.24. The van der Waals surface area contributed by atoms with Crippen molar-refractivity contribution in [1.29, 1.82) is 0 Å². The Balaban J connectivity index is 1.36. The molecular weight excluding hydrogens is 438 g/mol. The molecule has 148 valence electrons. The second-order valence-electron chi connectivity index (χ2n) is 7.42. The fourth-order valence-corrected chi connectivity index (χ4v) is 4.48. The van der Waals surface area contributed by atoms with E-state index in [-0.39, 0.29) is 24.4 Å². The number of likely N-dealkylation sites (tertiary alicyclic amines) is 1. The van der Waals surface area contributed by atoms with Crippen LogP contribution < -0.4 is 11.1 Å². The summed E-state index contributed by atoms with van der Waals surface area (Å²) in [6, 6.07) is 4.93. The predicted octanol–water partition coefficient (Wildman–Crippen LogP) is 1.80. The Hall–Kier alpha value is -3.01. The molecule has 1 saturated carbocycles. The van der Waals surface area contributed by atoms with Gasteiger partial charge in [0.15, 0.2) is 0 Å². The summed E-state index contributed by atoms with van der Waals surface area (Å²) in [7, 11) is 0. The lowest BCUT2D eigenvalue weighted by Gasteiger charge is -2.27. The van der Waals surface area contributed by atoms with E-state index in [0.29, 0.717) is 39.5 Å². The minimum absolute atomic E-state index is 0.0762. The van der Waals surface area contributed by atoms with Crippen molar-refractivity contribution in [1.82, 2.24) is 24.4 Å². The zero-order valence-corrected chi connectivity index (χ0v) is 16.9. The van der Waals surface area contributed by atoms with Gasteiger partial charge in [0.2, 0.25) is 11.8 Å². The molecule has 2 fully saturated rings. The Morgan fingerprint density at radius 3 is 3.00 bits per heavy atom. The van der Waals surface area contributed by atoms with Crippen LogP contribution in [0.1, 0.15) is 12.8 Å². The zero-order valence-electron chi connectivity index (χ0n) is 15.3. The Morgan fingerprint density at radius 1 is 1.31 bits per heavy atom. The van der Waals surface area contributed by atoms with Gasteiger partial charge in [-0.1, -0.05) is 6.07 Å². The monoisotopic (exact) mass is 455 g/mol. The molecule has 0 bridgehead atoms. The highest BCUT2D eigenvalue weighted by atomic mass is 79.9. The number of carbonyl (C=O) groups excluding carboxylic acids is 2. The molecule has 0 unspecified atom stereocenters. The maximum absolute atomic E-state index is 13.1. The number of anilines is 2. The third kappa shape index (κ3) is 3.23. The number of halogens is 1. The number of hydrogen-bond acceptors (Lipinski definition) is 6. The van der Waals surface area contributed by atoms with Crippen molar-refractivity contribution >= 4 is 50.3 Å². The number of nitrogens with one attached hydrogen (secondary N) is 1. The van der Waals surface area contributed by atoms with Crippen LogP contribution in [0.5, 0.6) is 0 Å². The van der Waals surface area contributed by atoms with Crippen molar-refractivity contribution in [2.75, 3.05) is 11.1 Å². The molecule has 3 aromatic heterocycles. The number of rotatable bonds is 4. The molecule has 10 heteroatoms. The number of pyridine rings is 1. The molecule has 1 aliphatic heterocycles. The van der Waals surface area contributed by atoms with Gasteiger partial charge in [-0.2, -0.15) is 0 Å². The normalized spacial score (nSPS) is 22.5. The summed E-state index contributed by atoms with van der Waals surface area (Å²) >= 11 is 3.30. The van der Waals surface area contributed by atoms with Crippen LogP contribution in [0.3, 0.4) is 0 Å². The number of nitrogens with two attached hydrogens (primary N) is 1. The van der Waals surface area contributed by atoms with E-state index >= 15 is 0 Å². The molecule has 0 radical (unpaired) electrons. The Morgan fingerprint density at radius 2 is 2.17 bits per heavy atom. The SMILES string of the molecule is Nc1cn(CC(=O)N2[C@@H]3C[C@@H]3C[C@H]2C(=O)Nc2cccc(Br)n2)c2ncncc12. The highest BCUT2D eigenvalue weighted by Gasteiger charge is 2.56. The summed E-state index contributed by atoms with van der Waals surface area (Å²) < 4.78 is 2.35. The van der Waals surface area contributed by atoms with Crippen LogP contribution in [0.2, 0.25) is 0 Å². The third-order valence-electron chi connectivity index (χ3n) is 5.54. The molecule has 1 saturated heterocycles. The number of amides is 2. The smallest absolute Gasteiger partial charge is 0.248 e. The van der Waals surface area contributed by atoms with Gasteiger partial charge >= 0.3 is 0 Å². The molecule has 0 aromatic carbocycles. The van der Waals surface area contributed by atoms with Gasteiger partial charge in [-0.15, -0.1) is 0 Å². The fourth-order valence-electron chi connectivity index (χ4n) is 4.14. The molecular formula is C19H18BrN7O2. The van der Waals surface area contributed by atoms with Crippen LogP contribution in [0.25, 0.3) is 11.0 Å². The van der Waals surface area contributed by atoms with Gasteiger partial charge in [0, 0.05) is 18.4 Å². The van der Waals surface area contributed by atoms with E-state index in [9.17, 15) is 9.59 Å². The molecule has 0 spiro atoms. The maximum Gasteiger partial charge on any atom is 0.248 e. The number of nitrogens with zero attached hydrogens (tertiary/aromatic N) is 5. The molecule has 3 aromatic rings. The predicted molar refractivity (Wildman–Crippen MR) is 110 cm³/mol. The molecule has 4 heterocycles.